The number of amides is 1. The summed E-state index contributed by atoms with van der Waals surface area (Å²) in [6, 6.07) is -0.0813. The molecule has 33 heavy (non-hydrogen) atoms. The topological polar surface area (TPSA) is 89.5 Å². The number of fused-ring (bicyclic) bond motifs is 1. The van der Waals surface area contributed by atoms with Crippen LogP contribution in [-0.2, 0) is 11.2 Å². The van der Waals surface area contributed by atoms with Gasteiger partial charge in [-0.3, -0.25) is 0 Å². The van der Waals surface area contributed by atoms with Gasteiger partial charge in [-0.1, -0.05) is 38.8 Å². The van der Waals surface area contributed by atoms with Crippen molar-refractivity contribution in [3.05, 3.63) is 16.7 Å². The van der Waals surface area contributed by atoms with Crippen molar-refractivity contribution in [3.8, 4) is 6.01 Å². The van der Waals surface area contributed by atoms with E-state index in [9.17, 15) is 9.18 Å². The first-order chi connectivity index (χ1) is 15.5. The Morgan fingerprint density at radius 2 is 2.00 bits per heavy atom. The van der Waals surface area contributed by atoms with Crippen LogP contribution in [0.15, 0.2) is 0 Å². The molecule has 1 aliphatic heterocycles. The number of carbonyl (C=O) groups excluding carboxylic acids is 1. The van der Waals surface area contributed by atoms with Crippen molar-refractivity contribution < 1.29 is 18.7 Å². The quantitative estimate of drug-likeness (QED) is 0.551. The van der Waals surface area contributed by atoms with Gasteiger partial charge in [0.25, 0.3) is 0 Å². The molecule has 182 valence electrons. The summed E-state index contributed by atoms with van der Waals surface area (Å²) in [6.45, 7) is 12.8. The van der Waals surface area contributed by atoms with E-state index in [0.717, 1.165) is 6.42 Å². The number of hydrogen-bond acceptors (Lipinski definition) is 7. The first kappa shape index (κ1) is 25.2. The number of nitrogens with zero attached hydrogens (tertiary/aromatic N) is 4. The van der Waals surface area contributed by atoms with Crippen LogP contribution in [0.3, 0.4) is 0 Å². The lowest BCUT2D eigenvalue weighted by Crippen LogP contribution is -2.63. The molecule has 1 saturated heterocycles. The van der Waals surface area contributed by atoms with E-state index in [1.54, 1.807) is 4.90 Å². The number of likely N-dealkylation sites (tertiary alicyclic amines) is 1. The largest absolute Gasteiger partial charge is 0.467 e. The maximum atomic E-state index is 14.8. The molecule has 0 saturated carbocycles. The fraction of sp³-hybridized carbons (Fsp3) is 0.652. The zero-order valence-electron chi connectivity index (χ0n) is 20.3. The zero-order valence-corrected chi connectivity index (χ0v) is 21.1. The van der Waals surface area contributed by atoms with E-state index in [1.807, 2.05) is 27.7 Å². The van der Waals surface area contributed by atoms with Crippen molar-refractivity contribution in [2.75, 3.05) is 25.5 Å². The van der Waals surface area contributed by atoms with Crippen LogP contribution < -0.4 is 10.1 Å². The number of pyridine rings is 1. The van der Waals surface area contributed by atoms with Crippen molar-refractivity contribution in [2.45, 2.75) is 66.0 Å². The Morgan fingerprint density at radius 3 is 2.58 bits per heavy atom. The number of hydrogen-bond donors (Lipinski definition) is 1. The van der Waals surface area contributed by atoms with Crippen LogP contribution in [0.4, 0.5) is 15.0 Å². The third kappa shape index (κ3) is 5.39. The van der Waals surface area contributed by atoms with Gasteiger partial charge in [0.05, 0.1) is 24.2 Å². The Balaban J connectivity index is 1.95. The number of carbonyl (C=O) groups is 1. The molecular weight excluding hydrogens is 449 g/mol. The highest BCUT2D eigenvalue weighted by atomic mass is 35.5. The van der Waals surface area contributed by atoms with Crippen molar-refractivity contribution in [1.82, 2.24) is 19.9 Å². The molecule has 1 amide bonds. The van der Waals surface area contributed by atoms with Gasteiger partial charge in [-0.25, -0.2) is 14.2 Å². The van der Waals surface area contributed by atoms with Gasteiger partial charge < -0.3 is 19.7 Å². The molecule has 0 bridgehead atoms. The van der Waals surface area contributed by atoms with Crippen molar-refractivity contribution in [1.29, 1.82) is 0 Å². The number of halogens is 2. The molecule has 3 rings (SSSR count). The van der Waals surface area contributed by atoms with E-state index in [-0.39, 0.29) is 28.8 Å². The SMILES string of the molecule is CCCc1nc(Cl)c(F)c2nc(OC)nc(NCC3C(C(C)C)CN3C(=O)OC(C)(C)C)c12. The first-order valence-electron chi connectivity index (χ1n) is 11.3. The number of ether oxygens (including phenoxy) is 2. The minimum Gasteiger partial charge on any atom is -0.467 e. The normalized spacial score (nSPS) is 18.4. The summed E-state index contributed by atoms with van der Waals surface area (Å²) in [4.78, 5) is 27.3. The van der Waals surface area contributed by atoms with Gasteiger partial charge in [0.15, 0.2) is 11.0 Å². The maximum Gasteiger partial charge on any atom is 0.410 e. The van der Waals surface area contributed by atoms with E-state index in [1.165, 1.54) is 7.11 Å². The van der Waals surface area contributed by atoms with Gasteiger partial charge >= 0.3 is 12.1 Å². The van der Waals surface area contributed by atoms with E-state index in [4.69, 9.17) is 21.1 Å². The fourth-order valence-corrected chi connectivity index (χ4v) is 4.25. The fourth-order valence-electron chi connectivity index (χ4n) is 4.06. The minimum atomic E-state index is -0.714. The van der Waals surface area contributed by atoms with Gasteiger partial charge in [0.2, 0.25) is 0 Å². The van der Waals surface area contributed by atoms with Crippen LogP contribution in [0.25, 0.3) is 10.9 Å². The second-order valence-corrected chi connectivity index (χ2v) is 10.0. The lowest BCUT2D eigenvalue weighted by atomic mass is 9.80. The van der Waals surface area contributed by atoms with Crippen molar-refractivity contribution in [3.63, 3.8) is 0 Å². The number of methoxy groups -OCH3 is 1. The van der Waals surface area contributed by atoms with Crippen molar-refractivity contribution in [2.24, 2.45) is 11.8 Å². The summed E-state index contributed by atoms with van der Waals surface area (Å²) in [6.07, 6.45) is 1.03. The molecule has 0 radical (unpaired) electrons. The predicted octanol–water partition coefficient (Wildman–Crippen LogP) is 5.08. The lowest BCUT2D eigenvalue weighted by Gasteiger charge is -2.50. The second kappa shape index (κ2) is 9.83. The molecule has 0 aromatic carbocycles. The number of aryl methyl sites for hydroxylation is 1. The monoisotopic (exact) mass is 481 g/mol. The smallest absolute Gasteiger partial charge is 0.410 e. The second-order valence-electron chi connectivity index (χ2n) is 9.68. The number of anilines is 1. The van der Waals surface area contributed by atoms with Crippen molar-refractivity contribution >= 4 is 34.4 Å². The predicted molar refractivity (Wildman–Crippen MR) is 126 cm³/mol. The third-order valence-corrected chi connectivity index (χ3v) is 5.98. The highest BCUT2D eigenvalue weighted by Gasteiger charge is 2.44. The maximum absolute atomic E-state index is 14.8. The third-order valence-electron chi connectivity index (χ3n) is 5.73. The molecule has 10 heteroatoms. The van der Waals surface area contributed by atoms with Gasteiger partial charge in [0.1, 0.15) is 16.9 Å². The number of aromatic nitrogens is 3. The molecule has 1 aliphatic rings. The molecule has 0 spiro atoms. The summed E-state index contributed by atoms with van der Waals surface area (Å²) < 4.78 is 25.6. The summed E-state index contributed by atoms with van der Waals surface area (Å²) >= 11 is 6.03. The Labute approximate surface area is 199 Å². The first-order valence-corrected chi connectivity index (χ1v) is 11.7. The number of rotatable bonds is 7. The van der Waals surface area contributed by atoms with Crippen LogP contribution in [-0.4, -0.2) is 57.8 Å². The van der Waals surface area contributed by atoms with E-state index < -0.39 is 11.4 Å². The van der Waals surface area contributed by atoms with Crippen LogP contribution in [0, 0.1) is 17.7 Å². The molecule has 2 unspecified atom stereocenters. The highest BCUT2D eigenvalue weighted by molar-refractivity contribution is 6.30. The Morgan fingerprint density at radius 1 is 1.30 bits per heavy atom. The van der Waals surface area contributed by atoms with Gasteiger partial charge in [-0.2, -0.15) is 9.97 Å². The molecule has 0 aliphatic carbocycles. The Kier molecular flexibility index (Phi) is 7.51. The molecule has 8 nitrogen and oxygen atoms in total. The number of nitrogens with one attached hydrogen (secondary N) is 1. The average Bonchev–Trinajstić information content (AvgIpc) is 2.69. The van der Waals surface area contributed by atoms with E-state index in [0.29, 0.717) is 48.2 Å². The Hall–Kier alpha value is -2.42. The molecule has 2 atom stereocenters. The van der Waals surface area contributed by atoms with Gasteiger partial charge in [-0.05, 0) is 33.1 Å². The van der Waals surface area contributed by atoms with Crippen LogP contribution >= 0.6 is 11.6 Å². The van der Waals surface area contributed by atoms with E-state index >= 15 is 0 Å². The van der Waals surface area contributed by atoms with Crippen LogP contribution in [0.2, 0.25) is 5.15 Å². The standard InChI is InChI=1S/C23H33ClFN5O3/c1-8-9-14-16-18(17(25)19(24)27-14)28-21(32-7)29-20(16)26-10-15-13(12(2)3)11-30(15)22(31)33-23(4,5)6/h12-13,15H,8-11H2,1-7H3,(H,26,28,29). The minimum absolute atomic E-state index is 0.0200. The van der Waals surface area contributed by atoms with Gasteiger partial charge in [-0.15, -0.1) is 0 Å². The van der Waals surface area contributed by atoms with Crippen LogP contribution in [0.1, 0.15) is 53.7 Å². The zero-order chi connectivity index (χ0) is 24.5. The van der Waals surface area contributed by atoms with E-state index in [2.05, 4.69) is 34.1 Å². The molecule has 2 aromatic heterocycles. The summed E-state index contributed by atoms with van der Waals surface area (Å²) in [5.74, 6) is 0.358. The molecule has 2 aromatic rings. The van der Waals surface area contributed by atoms with Crippen LogP contribution in [0.5, 0.6) is 6.01 Å². The molecular formula is C23H33ClFN5O3. The average molecular weight is 482 g/mol. The molecule has 1 N–H and O–H groups in total. The molecule has 3 heterocycles. The summed E-state index contributed by atoms with van der Waals surface area (Å²) in [7, 11) is 1.42. The highest BCUT2D eigenvalue weighted by Crippen LogP contribution is 2.35. The summed E-state index contributed by atoms with van der Waals surface area (Å²) in [5, 5.41) is 3.56. The lowest BCUT2D eigenvalue weighted by molar-refractivity contribution is -0.0373. The summed E-state index contributed by atoms with van der Waals surface area (Å²) in [5.41, 5.74) is 0.0963. The Bertz CT molecular complexity index is 1030. The molecule has 1 fully saturated rings. The van der Waals surface area contributed by atoms with Gasteiger partial charge in [0, 0.05) is 19.0 Å².